The molecule has 4 N–H and O–H groups in total. The summed E-state index contributed by atoms with van der Waals surface area (Å²) in [4.78, 5) is 15.3. The zero-order valence-electron chi connectivity index (χ0n) is 29.7. The molecule has 2 aromatic heterocycles. The third-order valence-corrected chi connectivity index (χ3v) is 9.45. The van der Waals surface area contributed by atoms with Crippen LogP contribution in [0.5, 0.6) is 11.5 Å². The summed E-state index contributed by atoms with van der Waals surface area (Å²) < 4.78 is 18.0. The predicted molar refractivity (Wildman–Crippen MR) is 204 cm³/mol. The third-order valence-electron chi connectivity index (χ3n) is 9.16. The number of aliphatic hydroxyl groups excluding tert-OH is 2. The molecule has 0 bridgehead atoms. The second-order valence-corrected chi connectivity index (χ2v) is 13.1. The zero-order valence-corrected chi connectivity index (χ0v) is 30.4. The molecule has 0 spiro atoms. The number of pyridine rings is 1. The number of anilines is 3. The molecule has 0 saturated carbocycles. The number of hydrogen-bond donors (Lipinski definition) is 4. The van der Waals surface area contributed by atoms with Gasteiger partial charge in [0, 0.05) is 61.0 Å². The first-order valence-electron chi connectivity index (χ1n) is 17.3. The first kappa shape index (κ1) is 37.5. The minimum absolute atomic E-state index is 0.153. The van der Waals surface area contributed by atoms with Crippen LogP contribution in [0, 0.1) is 25.2 Å². The van der Waals surface area contributed by atoms with Crippen molar-refractivity contribution in [2.24, 2.45) is 0 Å². The molecule has 0 aliphatic carbocycles. The highest BCUT2D eigenvalue weighted by molar-refractivity contribution is 6.32. The molecule has 53 heavy (non-hydrogen) atoms. The minimum atomic E-state index is -0.509. The number of ether oxygens (including phenoxy) is 3. The van der Waals surface area contributed by atoms with Crippen molar-refractivity contribution < 1.29 is 24.4 Å². The van der Waals surface area contributed by atoms with Crippen LogP contribution in [-0.2, 0) is 24.5 Å². The highest BCUT2D eigenvalue weighted by Gasteiger charge is 2.17. The van der Waals surface area contributed by atoms with Gasteiger partial charge in [0.25, 0.3) is 0 Å². The number of rotatable bonds is 15. The Morgan fingerprint density at radius 2 is 1.66 bits per heavy atom. The van der Waals surface area contributed by atoms with Gasteiger partial charge in [-0.05, 0) is 59.9 Å². The lowest BCUT2D eigenvalue weighted by molar-refractivity contribution is 0.122. The van der Waals surface area contributed by atoms with Crippen molar-refractivity contribution in [2.75, 3.05) is 49.7 Å². The number of halogens is 1. The lowest BCUT2D eigenvalue weighted by Crippen LogP contribution is -2.36. The molecule has 3 heterocycles. The van der Waals surface area contributed by atoms with Crippen molar-refractivity contribution in [2.45, 2.75) is 39.6 Å². The predicted octanol–water partition coefficient (Wildman–Crippen LogP) is 5.86. The number of nitrogens with zero attached hydrogens (tertiary/aromatic N) is 5. The number of morpholine rings is 1. The van der Waals surface area contributed by atoms with E-state index in [0.717, 1.165) is 63.8 Å². The maximum Gasteiger partial charge on any atom is 0.142 e. The maximum atomic E-state index is 9.56. The fourth-order valence-corrected chi connectivity index (χ4v) is 6.30. The summed E-state index contributed by atoms with van der Waals surface area (Å²) in [6, 6.07) is 21.1. The highest BCUT2D eigenvalue weighted by Crippen LogP contribution is 2.36. The van der Waals surface area contributed by atoms with Gasteiger partial charge in [0.1, 0.15) is 48.7 Å². The molecule has 274 valence electrons. The molecular weight excluding hydrogens is 694 g/mol. The van der Waals surface area contributed by atoms with Crippen LogP contribution in [-0.4, -0.2) is 70.7 Å². The molecule has 12 nitrogen and oxygen atoms in total. The summed E-state index contributed by atoms with van der Waals surface area (Å²) in [5.41, 5.74) is 8.11. The largest absolute Gasteiger partial charge is 0.488 e. The smallest absolute Gasteiger partial charge is 0.142 e. The van der Waals surface area contributed by atoms with E-state index in [9.17, 15) is 15.5 Å². The van der Waals surface area contributed by atoms with E-state index < -0.39 is 6.04 Å². The van der Waals surface area contributed by atoms with Crippen LogP contribution in [0.15, 0.2) is 79.4 Å². The Kier molecular flexibility index (Phi) is 12.7. The van der Waals surface area contributed by atoms with Crippen molar-refractivity contribution in [3.63, 3.8) is 0 Å². The average Bonchev–Trinajstić information content (AvgIpc) is 3.19. The summed E-state index contributed by atoms with van der Waals surface area (Å²) in [5.74, 6) is 2.52. The molecule has 0 unspecified atom stereocenters. The monoisotopic (exact) mass is 735 g/mol. The second kappa shape index (κ2) is 18.0. The molecule has 13 heteroatoms. The Bertz CT molecular complexity index is 2060. The average molecular weight is 736 g/mol. The molecule has 1 fully saturated rings. The minimum Gasteiger partial charge on any atom is -0.488 e. The Labute approximate surface area is 314 Å². The molecule has 3 aromatic carbocycles. The van der Waals surface area contributed by atoms with Crippen LogP contribution in [0.3, 0.4) is 0 Å². The van der Waals surface area contributed by atoms with E-state index in [0.29, 0.717) is 40.9 Å². The van der Waals surface area contributed by atoms with Gasteiger partial charge in [-0.3, -0.25) is 4.98 Å². The fraction of sp³-hybridized carbons (Fsp3) is 0.300. The van der Waals surface area contributed by atoms with E-state index in [-0.39, 0.29) is 33.0 Å². The highest BCUT2D eigenvalue weighted by atomic mass is 35.5. The normalized spacial score (nSPS) is 12.8. The first-order chi connectivity index (χ1) is 25.9. The maximum absolute atomic E-state index is 9.56. The summed E-state index contributed by atoms with van der Waals surface area (Å²) in [5, 5.41) is 35.4. The van der Waals surface area contributed by atoms with Gasteiger partial charge in [-0.15, -0.1) is 0 Å². The summed E-state index contributed by atoms with van der Waals surface area (Å²) in [7, 11) is 0. The van der Waals surface area contributed by atoms with Crippen LogP contribution in [0.2, 0.25) is 5.02 Å². The van der Waals surface area contributed by atoms with Gasteiger partial charge in [0.15, 0.2) is 0 Å². The van der Waals surface area contributed by atoms with Crippen molar-refractivity contribution >= 4 is 28.9 Å². The lowest BCUT2D eigenvalue weighted by atomic mass is 9.93. The number of nitrogens with one attached hydrogen (secondary N) is 2. The number of nitriles is 1. The molecule has 0 radical (unpaired) electrons. The van der Waals surface area contributed by atoms with Crippen LogP contribution in [0.4, 0.5) is 17.3 Å². The molecule has 1 aliphatic heterocycles. The zero-order chi connectivity index (χ0) is 37.2. The van der Waals surface area contributed by atoms with Crippen LogP contribution in [0.1, 0.15) is 33.4 Å². The Hall–Kier alpha value is -5.29. The Balaban J connectivity index is 1.20. The Morgan fingerprint density at radius 3 is 2.43 bits per heavy atom. The van der Waals surface area contributed by atoms with Gasteiger partial charge in [-0.1, -0.05) is 41.9 Å². The molecule has 1 aliphatic rings. The SMILES string of the molecule is Cc1c(COc2cc(OCc3cncc(C#N)c3)c(CNC(CO)CO)cc2Cl)cccc1-c1cccc(Nc2cc(N3CCOCC3)ncn2)c1C. The standard InChI is InChI=1S/C40H42ClN7O5/c1-26-30(5-3-6-33(26)34-7-4-8-36(27(34)2)47-39-16-40(46-25-45-39)48-9-11-51-12-10-48)24-53-38-15-37(52-23-29-13-28(17-42)18-43-19-29)31(14-35(38)41)20-44-32(21-49)22-50/h3-8,13-16,18-19,25,32,44,49-50H,9-12,20-24H2,1-2H3,(H,45,46,47). The molecule has 0 atom stereocenters. The van der Waals surface area contributed by atoms with Crippen molar-refractivity contribution in [3.8, 4) is 28.7 Å². The van der Waals surface area contributed by atoms with E-state index in [1.807, 2.05) is 30.3 Å². The van der Waals surface area contributed by atoms with Crippen molar-refractivity contribution in [1.29, 1.82) is 5.26 Å². The van der Waals surface area contributed by atoms with Crippen molar-refractivity contribution in [3.05, 3.63) is 118 Å². The molecule has 1 saturated heterocycles. The van der Waals surface area contributed by atoms with E-state index in [4.69, 9.17) is 25.8 Å². The van der Waals surface area contributed by atoms with Gasteiger partial charge < -0.3 is 40.0 Å². The van der Waals surface area contributed by atoms with Gasteiger partial charge in [-0.2, -0.15) is 5.26 Å². The number of aromatic nitrogens is 3. The van der Waals surface area contributed by atoms with Crippen LogP contribution in [0.25, 0.3) is 11.1 Å². The summed E-state index contributed by atoms with van der Waals surface area (Å²) in [6.45, 7) is 7.35. The lowest BCUT2D eigenvalue weighted by Gasteiger charge is -2.27. The fourth-order valence-electron chi connectivity index (χ4n) is 6.06. The Morgan fingerprint density at radius 1 is 0.906 bits per heavy atom. The molecule has 5 aromatic rings. The third kappa shape index (κ3) is 9.39. The van der Waals surface area contributed by atoms with E-state index in [1.54, 1.807) is 30.7 Å². The van der Waals surface area contributed by atoms with Gasteiger partial charge >= 0.3 is 0 Å². The summed E-state index contributed by atoms with van der Waals surface area (Å²) in [6.07, 6.45) is 4.72. The van der Waals surface area contributed by atoms with Crippen molar-refractivity contribution in [1.82, 2.24) is 20.3 Å². The van der Waals surface area contributed by atoms with E-state index in [2.05, 4.69) is 62.5 Å². The van der Waals surface area contributed by atoms with Gasteiger partial charge in [-0.25, -0.2) is 9.97 Å². The molecule has 6 rings (SSSR count). The van der Waals surface area contributed by atoms with E-state index in [1.165, 1.54) is 6.20 Å². The number of aliphatic hydroxyl groups is 2. The quantitative estimate of drug-likeness (QED) is 0.102. The van der Waals surface area contributed by atoms with Gasteiger partial charge in [0.05, 0.1) is 43.1 Å². The van der Waals surface area contributed by atoms with Gasteiger partial charge in [0.2, 0.25) is 0 Å². The number of hydrogen-bond acceptors (Lipinski definition) is 12. The number of benzene rings is 3. The molecular formula is C40H42ClN7O5. The first-order valence-corrected chi connectivity index (χ1v) is 17.7. The van der Waals surface area contributed by atoms with Crippen LogP contribution >= 0.6 is 11.6 Å². The molecule has 0 amide bonds. The summed E-state index contributed by atoms with van der Waals surface area (Å²) >= 11 is 6.76. The van der Waals surface area contributed by atoms with Crippen LogP contribution < -0.4 is 25.0 Å². The second-order valence-electron chi connectivity index (χ2n) is 12.7. The topological polar surface area (TPSA) is 158 Å². The van der Waals surface area contributed by atoms with E-state index >= 15 is 0 Å².